The van der Waals surface area contributed by atoms with E-state index in [-0.39, 0.29) is 17.5 Å². The Kier molecular flexibility index (Phi) is 4.10. The molecule has 0 saturated heterocycles. The van der Waals surface area contributed by atoms with Gasteiger partial charge in [0.25, 0.3) is 0 Å². The molecule has 0 spiro atoms. The molecule has 0 aromatic heterocycles. The second kappa shape index (κ2) is 5.36. The summed E-state index contributed by atoms with van der Waals surface area (Å²) < 4.78 is 19.0. The van der Waals surface area contributed by atoms with Gasteiger partial charge in [0.05, 0.1) is 0 Å². The lowest BCUT2D eigenvalue weighted by Crippen LogP contribution is -2.46. The van der Waals surface area contributed by atoms with Crippen LogP contribution in [0, 0.1) is 11.2 Å². The second-order valence-corrected chi connectivity index (χ2v) is 7.70. The first kappa shape index (κ1) is 15.3. The third-order valence-corrected chi connectivity index (χ3v) is 3.54. The van der Waals surface area contributed by atoms with E-state index in [4.69, 9.17) is 4.74 Å². The predicted octanol–water partition coefficient (Wildman–Crippen LogP) is 3.93. The van der Waals surface area contributed by atoms with Crippen molar-refractivity contribution in [1.82, 2.24) is 5.32 Å². The van der Waals surface area contributed by atoms with Crippen LogP contribution in [0.5, 0.6) is 5.75 Å². The maximum absolute atomic E-state index is 13.2. The Morgan fingerprint density at radius 3 is 2.60 bits per heavy atom. The van der Waals surface area contributed by atoms with Crippen molar-refractivity contribution in [2.45, 2.75) is 59.1 Å². The Hall–Kier alpha value is -1.09. The molecule has 0 bridgehead atoms. The van der Waals surface area contributed by atoms with E-state index < -0.39 is 0 Å². The molecule has 0 fully saturated rings. The van der Waals surface area contributed by atoms with Gasteiger partial charge >= 0.3 is 0 Å². The molecule has 2 rings (SSSR count). The number of hydrogen-bond acceptors (Lipinski definition) is 2. The van der Waals surface area contributed by atoms with Crippen LogP contribution >= 0.6 is 0 Å². The average molecular weight is 279 g/mol. The van der Waals surface area contributed by atoms with Gasteiger partial charge in [-0.3, -0.25) is 0 Å². The van der Waals surface area contributed by atoms with Gasteiger partial charge in [-0.1, -0.05) is 20.8 Å². The van der Waals surface area contributed by atoms with Gasteiger partial charge < -0.3 is 10.1 Å². The van der Waals surface area contributed by atoms with Crippen LogP contribution in [0.3, 0.4) is 0 Å². The van der Waals surface area contributed by atoms with Gasteiger partial charge in [0.2, 0.25) is 0 Å². The van der Waals surface area contributed by atoms with E-state index in [9.17, 15) is 4.39 Å². The number of rotatable bonds is 4. The van der Waals surface area contributed by atoms with Crippen molar-refractivity contribution in [3.8, 4) is 5.75 Å². The summed E-state index contributed by atoms with van der Waals surface area (Å²) in [5.41, 5.74) is 1.34. The molecule has 1 unspecified atom stereocenters. The molecule has 1 atom stereocenters. The van der Waals surface area contributed by atoms with Gasteiger partial charge in [0.1, 0.15) is 17.7 Å². The number of nitrogens with one attached hydrogen (secondary N) is 1. The molecule has 0 aliphatic carbocycles. The number of halogens is 1. The highest BCUT2D eigenvalue weighted by Gasteiger charge is 2.28. The molecule has 2 nitrogen and oxygen atoms in total. The normalized spacial score (nSPS) is 18.8. The smallest absolute Gasteiger partial charge is 0.123 e. The lowest BCUT2D eigenvalue weighted by atomic mass is 9.82. The van der Waals surface area contributed by atoms with E-state index in [0.717, 1.165) is 30.7 Å². The van der Waals surface area contributed by atoms with Crippen LogP contribution in [-0.4, -0.2) is 18.2 Å². The molecule has 1 aromatic rings. The third kappa shape index (κ3) is 4.20. The minimum Gasteiger partial charge on any atom is -0.488 e. The van der Waals surface area contributed by atoms with Gasteiger partial charge in [-0.05, 0) is 43.9 Å². The fraction of sp³-hybridized carbons (Fsp3) is 0.647. The summed E-state index contributed by atoms with van der Waals surface area (Å²) in [7, 11) is 0. The summed E-state index contributed by atoms with van der Waals surface area (Å²) in [6.45, 7) is 12.0. The molecule has 3 heteroatoms. The average Bonchev–Trinajstić information content (AvgIpc) is 2.65. The number of benzene rings is 1. The zero-order chi connectivity index (χ0) is 15.0. The van der Waals surface area contributed by atoms with Gasteiger partial charge in [-0.15, -0.1) is 0 Å². The molecule has 20 heavy (non-hydrogen) atoms. The number of fused-ring (bicyclic) bond motifs is 1. The Bertz CT molecular complexity index is 476. The van der Waals surface area contributed by atoms with Crippen LogP contribution in [0.2, 0.25) is 0 Å². The lowest BCUT2D eigenvalue weighted by Gasteiger charge is -2.34. The van der Waals surface area contributed by atoms with E-state index in [2.05, 4.69) is 39.9 Å². The highest BCUT2D eigenvalue weighted by atomic mass is 19.1. The molecular weight excluding hydrogens is 253 g/mol. The van der Waals surface area contributed by atoms with Gasteiger partial charge in [-0.2, -0.15) is 0 Å². The molecule has 0 amide bonds. The first-order valence-corrected chi connectivity index (χ1v) is 7.35. The standard InChI is InChI=1S/C17H26FNO/c1-16(2,3)11-17(4,5)19-10-14-9-12-8-13(18)6-7-15(12)20-14/h6-8,14,19H,9-11H2,1-5H3. The molecular formula is C17H26FNO. The quantitative estimate of drug-likeness (QED) is 0.901. The van der Waals surface area contributed by atoms with Crippen molar-refractivity contribution < 1.29 is 9.13 Å². The zero-order valence-electron chi connectivity index (χ0n) is 13.2. The Balaban J connectivity index is 1.88. The van der Waals surface area contributed by atoms with Crippen molar-refractivity contribution in [2.75, 3.05) is 6.54 Å². The van der Waals surface area contributed by atoms with Gasteiger partial charge in [0, 0.05) is 24.1 Å². The first-order valence-electron chi connectivity index (χ1n) is 7.35. The highest BCUT2D eigenvalue weighted by Crippen LogP contribution is 2.30. The van der Waals surface area contributed by atoms with E-state index >= 15 is 0 Å². The van der Waals surface area contributed by atoms with Gasteiger partial charge in [0.15, 0.2) is 0 Å². The van der Waals surface area contributed by atoms with E-state index in [0.29, 0.717) is 5.41 Å². The molecule has 1 aliphatic heterocycles. The van der Waals surface area contributed by atoms with Crippen molar-refractivity contribution >= 4 is 0 Å². The molecule has 1 N–H and O–H groups in total. The Morgan fingerprint density at radius 1 is 1.25 bits per heavy atom. The van der Waals surface area contributed by atoms with Crippen LogP contribution in [0.1, 0.15) is 46.6 Å². The SMILES string of the molecule is CC(C)(C)CC(C)(C)NCC1Cc2cc(F)ccc2O1. The fourth-order valence-corrected chi connectivity index (χ4v) is 3.18. The largest absolute Gasteiger partial charge is 0.488 e. The molecule has 112 valence electrons. The predicted molar refractivity (Wildman–Crippen MR) is 80.7 cm³/mol. The topological polar surface area (TPSA) is 21.3 Å². The summed E-state index contributed by atoms with van der Waals surface area (Å²) >= 11 is 0. The summed E-state index contributed by atoms with van der Waals surface area (Å²) in [4.78, 5) is 0. The minimum absolute atomic E-state index is 0.0711. The summed E-state index contributed by atoms with van der Waals surface area (Å²) in [6.07, 6.45) is 1.98. The Labute approximate surface area is 121 Å². The number of ether oxygens (including phenoxy) is 1. The lowest BCUT2D eigenvalue weighted by molar-refractivity contribution is 0.184. The highest BCUT2D eigenvalue weighted by molar-refractivity contribution is 5.37. The molecule has 0 radical (unpaired) electrons. The van der Waals surface area contributed by atoms with Crippen LogP contribution < -0.4 is 10.1 Å². The van der Waals surface area contributed by atoms with Crippen LogP contribution in [0.4, 0.5) is 4.39 Å². The van der Waals surface area contributed by atoms with E-state index in [1.54, 1.807) is 12.1 Å². The molecule has 1 heterocycles. The minimum atomic E-state index is -0.186. The summed E-state index contributed by atoms with van der Waals surface area (Å²) in [5.74, 6) is 0.640. The maximum atomic E-state index is 13.2. The number of hydrogen-bond donors (Lipinski definition) is 1. The van der Waals surface area contributed by atoms with E-state index in [1.807, 2.05) is 0 Å². The van der Waals surface area contributed by atoms with Crippen LogP contribution in [0.15, 0.2) is 18.2 Å². The maximum Gasteiger partial charge on any atom is 0.123 e. The van der Waals surface area contributed by atoms with Crippen LogP contribution in [0.25, 0.3) is 0 Å². The first-order chi connectivity index (χ1) is 9.15. The van der Waals surface area contributed by atoms with Crippen molar-refractivity contribution in [3.05, 3.63) is 29.6 Å². The summed E-state index contributed by atoms with van der Waals surface area (Å²) in [6, 6.07) is 4.76. The van der Waals surface area contributed by atoms with Gasteiger partial charge in [-0.25, -0.2) is 4.39 Å². The third-order valence-electron chi connectivity index (χ3n) is 3.54. The Morgan fingerprint density at radius 2 is 1.95 bits per heavy atom. The van der Waals surface area contributed by atoms with Crippen molar-refractivity contribution in [3.63, 3.8) is 0 Å². The van der Waals surface area contributed by atoms with Crippen molar-refractivity contribution in [2.24, 2.45) is 5.41 Å². The fourth-order valence-electron chi connectivity index (χ4n) is 3.18. The van der Waals surface area contributed by atoms with E-state index in [1.165, 1.54) is 6.07 Å². The summed E-state index contributed by atoms with van der Waals surface area (Å²) in [5, 5.41) is 3.59. The second-order valence-electron chi connectivity index (χ2n) is 7.70. The monoisotopic (exact) mass is 279 g/mol. The zero-order valence-corrected chi connectivity index (χ0v) is 13.2. The van der Waals surface area contributed by atoms with Crippen molar-refractivity contribution in [1.29, 1.82) is 0 Å². The molecule has 0 saturated carbocycles. The van der Waals surface area contributed by atoms with Crippen LogP contribution in [-0.2, 0) is 6.42 Å². The molecule has 1 aromatic carbocycles. The molecule has 1 aliphatic rings.